The van der Waals surface area contributed by atoms with Gasteiger partial charge >= 0.3 is 5.97 Å². The zero-order chi connectivity index (χ0) is 35.3. The second kappa shape index (κ2) is 15.7. The van der Waals surface area contributed by atoms with E-state index in [-0.39, 0.29) is 16.5 Å². The Balaban J connectivity index is 1.27. The number of likely N-dealkylation sites (tertiary alicyclic amines) is 1. The fraction of sp³-hybridized carbons (Fsp3) is 0.378. The molecule has 2 fully saturated rings. The van der Waals surface area contributed by atoms with Crippen LogP contribution in [0.4, 0.5) is 11.5 Å². The van der Waals surface area contributed by atoms with Crippen molar-refractivity contribution in [2.24, 2.45) is 0 Å². The molecule has 4 heterocycles. The topological polar surface area (TPSA) is 124 Å². The Morgan fingerprint density at radius 2 is 1.58 bits per heavy atom. The highest BCUT2D eigenvalue weighted by molar-refractivity contribution is 7.93. The molecule has 6 rings (SSSR count). The van der Waals surface area contributed by atoms with Gasteiger partial charge in [-0.1, -0.05) is 30.7 Å². The number of carbonyl (C=O) groups excluding carboxylic acids is 2. The lowest BCUT2D eigenvalue weighted by molar-refractivity contribution is 0.0600. The first kappa shape index (κ1) is 35.5. The Kier molecular flexibility index (Phi) is 11.2. The van der Waals surface area contributed by atoms with Crippen molar-refractivity contribution in [1.29, 1.82) is 0 Å². The van der Waals surface area contributed by atoms with Gasteiger partial charge in [-0.3, -0.25) is 14.4 Å². The van der Waals surface area contributed by atoms with E-state index in [9.17, 15) is 18.0 Å². The zero-order valence-corrected chi connectivity index (χ0v) is 30.4. The highest BCUT2D eigenvalue weighted by Crippen LogP contribution is 2.41. The first-order valence-corrected chi connectivity index (χ1v) is 19.2. The van der Waals surface area contributed by atoms with Gasteiger partial charge in [-0.05, 0) is 98.6 Å². The number of hydrogen-bond acceptors (Lipinski definition) is 10. The number of piperidine rings is 1. The fourth-order valence-electron chi connectivity index (χ4n) is 6.40. The number of benzene rings is 2. The van der Waals surface area contributed by atoms with Crippen molar-refractivity contribution < 1.29 is 22.7 Å². The molecular formula is C37H44N6O5S2. The van der Waals surface area contributed by atoms with Crippen molar-refractivity contribution in [2.45, 2.75) is 44.2 Å². The van der Waals surface area contributed by atoms with Gasteiger partial charge < -0.3 is 19.9 Å². The summed E-state index contributed by atoms with van der Waals surface area (Å²) in [7, 11) is -0.813. The molecule has 0 bridgehead atoms. The molecule has 1 amide bonds. The number of pyridine rings is 1. The van der Waals surface area contributed by atoms with Crippen LogP contribution in [0.5, 0.6) is 0 Å². The summed E-state index contributed by atoms with van der Waals surface area (Å²) in [6.45, 7) is 8.57. The maximum atomic E-state index is 14.1. The number of methoxy groups -OCH3 is 1. The molecule has 2 aromatic carbocycles. The normalized spacial score (nSPS) is 15.9. The number of amides is 1. The first-order chi connectivity index (χ1) is 24.1. The van der Waals surface area contributed by atoms with E-state index in [2.05, 4.69) is 48.9 Å². The van der Waals surface area contributed by atoms with Crippen LogP contribution in [-0.4, -0.2) is 88.5 Å². The molecule has 2 aromatic heterocycles. The summed E-state index contributed by atoms with van der Waals surface area (Å²) in [5, 5.41) is 3.02. The lowest BCUT2D eigenvalue weighted by Crippen LogP contribution is -2.44. The number of nitrogens with zero attached hydrogens (tertiary/aromatic N) is 4. The molecule has 13 heteroatoms. The number of carbonyl (C=O) groups is 2. The van der Waals surface area contributed by atoms with Crippen LogP contribution in [0.15, 0.2) is 71.8 Å². The highest BCUT2D eigenvalue weighted by Gasteiger charge is 2.30. The number of rotatable bonds is 11. The van der Waals surface area contributed by atoms with Crippen molar-refractivity contribution in [3.05, 3.63) is 94.0 Å². The van der Waals surface area contributed by atoms with Crippen molar-refractivity contribution in [1.82, 2.24) is 20.1 Å². The van der Waals surface area contributed by atoms with Gasteiger partial charge in [-0.15, -0.1) is 11.3 Å². The average molecular weight is 717 g/mol. The Morgan fingerprint density at radius 3 is 2.26 bits per heavy atom. The van der Waals surface area contributed by atoms with Gasteiger partial charge in [0.05, 0.1) is 22.4 Å². The second-order valence-electron chi connectivity index (χ2n) is 12.9. The minimum absolute atomic E-state index is 0.0299. The van der Waals surface area contributed by atoms with Crippen LogP contribution in [0, 0.1) is 6.92 Å². The number of aromatic nitrogens is 1. The van der Waals surface area contributed by atoms with Crippen LogP contribution < -0.4 is 14.9 Å². The minimum Gasteiger partial charge on any atom is -0.465 e. The highest BCUT2D eigenvalue weighted by atomic mass is 32.2. The van der Waals surface area contributed by atoms with E-state index in [4.69, 9.17) is 4.74 Å². The summed E-state index contributed by atoms with van der Waals surface area (Å²) < 4.78 is 35.7. The maximum absolute atomic E-state index is 14.1. The summed E-state index contributed by atoms with van der Waals surface area (Å²) in [6, 6.07) is 18.0. The largest absolute Gasteiger partial charge is 0.465 e. The van der Waals surface area contributed by atoms with E-state index in [1.165, 1.54) is 56.2 Å². The molecule has 0 spiro atoms. The molecule has 4 aromatic rings. The number of hydrogen-bond donors (Lipinski definition) is 2. The van der Waals surface area contributed by atoms with Crippen molar-refractivity contribution in [3.8, 4) is 10.4 Å². The summed E-state index contributed by atoms with van der Waals surface area (Å²) in [4.78, 5) is 38.0. The Morgan fingerprint density at radius 1 is 0.900 bits per heavy atom. The van der Waals surface area contributed by atoms with E-state index >= 15 is 0 Å². The van der Waals surface area contributed by atoms with Gasteiger partial charge in [0.1, 0.15) is 10.7 Å². The van der Waals surface area contributed by atoms with Crippen LogP contribution in [0.1, 0.15) is 56.0 Å². The van der Waals surface area contributed by atoms with Crippen LogP contribution in [0.3, 0.4) is 0 Å². The molecule has 2 N–H and O–H groups in total. The maximum Gasteiger partial charge on any atom is 0.337 e. The average Bonchev–Trinajstić information content (AvgIpc) is 3.50. The molecule has 0 atom stereocenters. The van der Waals surface area contributed by atoms with Gasteiger partial charge in [-0.2, -0.15) is 0 Å². The van der Waals surface area contributed by atoms with Crippen LogP contribution in [0.25, 0.3) is 10.4 Å². The SMILES string of the molecule is COC(=O)c1ccc(NS(=O)(=O)c2c(-c3ccnc(N4CCN(C)CC4)c3)sc(C(=O)NCc3ccc(CN4CCCCC4)cc3)c2C)cc1. The van der Waals surface area contributed by atoms with Gasteiger partial charge in [-0.25, -0.2) is 18.2 Å². The Hall–Kier alpha value is -4.30. The lowest BCUT2D eigenvalue weighted by Gasteiger charge is -2.33. The molecule has 0 aliphatic carbocycles. The molecule has 2 aliphatic heterocycles. The van der Waals surface area contributed by atoms with E-state index in [1.807, 2.05) is 18.2 Å². The van der Waals surface area contributed by atoms with E-state index < -0.39 is 16.0 Å². The molecule has 264 valence electrons. The molecule has 0 unspecified atom stereocenters. The summed E-state index contributed by atoms with van der Waals surface area (Å²) in [5.74, 6) is -0.109. The molecule has 2 saturated heterocycles. The molecule has 50 heavy (non-hydrogen) atoms. The van der Waals surface area contributed by atoms with Crippen molar-refractivity contribution >= 4 is 44.7 Å². The smallest absolute Gasteiger partial charge is 0.337 e. The third-order valence-electron chi connectivity index (χ3n) is 9.29. The summed E-state index contributed by atoms with van der Waals surface area (Å²) in [6.07, 6.45) is 5.48. The Labute approximate surface area is 298 Å². The fourth-order valence-corrected chi connectivity index (χ4v) is 9.44. The lowest BCUT2D eigenvalue weighted by atomic mass is 10.1. The molecule has 11 nitrogen and oxygen atoms in total. The number of anilines is 2. The van der Waals surface area contributed by atoms with Gasteiger partial charge in [0.25, 0.3) is 15.9 Å². The molecule has 0 saturated carbocycles. The summed E-state index contributed by atoms with van der Waals surface area (Å²) in [5.41, 5.74) is 3.80. The first-order valence-electron chi connectivity index (χ1n) is 16.9. The van der Waals surface area contributed by atoms with Gasteiger partial charge in [0.2, 0.25) is 0 Å². The quantitative estimate of drug-likeness (QED) is 0.197. The standard InChI is InChI=1S/C37H44N6O5S2/c1-26-33(36(44)39-24-27-7-9-28(10-8-27)25-42-17-5-4-6-18-42)49-34(30-15-16-38-32(23-30)43-21-19-41(2)20-22-43)35(26)50(46,47)40-31-13-11-29(12-14-31)37(45)48-3/h7-16,23,40H,4-6,17-22,24-25H2,1-3H3,(H,39,44). The van der Waals surface area contributed by atoms with Crippen molar-refractivity contribution in [2.75, 3.05) is 63.0 Å². The Bertz CT molecular complexity index is 1910. The third kappa shape index (κ3) is 8.35. The van der Waals surface area contributed by atoms with Gasteiger partial charge in [0.15, 0.2) is 0 Å². The number of esters is 1. The minimum atomic E-state index is -4.18. The monoisotopic (exact) mass is 716 g/mol. The molecular weight excluding hydrogens is 673 g/mol. The molecule has 0 radical (unpaired) electrons. The number of sulfonamides is 1. The number of piperazine rings is 1. The number of thiophene rings is 1. The third-order valence-corrected chi connectivity index (χ3v) is 12.3. The zero-order valence-electron chi connectivity index (χ0n) is 28.8. The van der Waals surface area contributed by atoms with Crippen LogP contribution in [0.2, 0.25) is 0 Å². The number of ether oxygens (including phenoxy) is 1. The van der Waals surface area contributed by atoms with E-state index in [1.54, 1.807) is 19.2 Å². The van der Waals surface area contributed by atoms with Crippen LogP contribution in [-0.2, 0) is 27.8 Å². The summed E-state index contributed by atoms with van der Waals surface area (Å²) >= 11 is 1.15. The van der Waals surface area contributed by atoms with E-state index in [0.717, 1.165) is 68.5 Å². The molecule has 2 aliphatic rings. The predicted molar refractivity (Wildman–Crippen MR) is 197 cm³/mol. The predicted octanol–water partition coefficient (Wildman–Crippen LogP) is 5.37. The second-order valence-corrected chi connectivity index (χ2v) is 15.6. The number of likely N-dealkylation sites (N-methyl/N-ethyl adjacent to an activating group) is 1. The van der Waals surface area contributed by atoms with E-state index in [0.29, 0.717) is 33.0 Å². The van der Waals surface area contributed by atoms with Gasteiger partial charge in [0, 0.05) is 51.2 Å². The van der Waals surface area contributed by atoms with Crippen molar-refractivity contribution in [3.63, 3.8) is 0 Å². The van der Waals surface area contributed by atoms with Crippen LogP contribution >= 0.6 is 11.3 Å². The number of nitrogens with one attached hydrogen (secondary N) is 2.